The van der Waals surface area contributed by atoms with Crippen molar-refractivity contribution in [1.29, 1.82) is 0 Å². The summed E-state index contributed by atoms with van der Waals surface area (Å²) in [5.74, 6) is -0.946. The summed E-state index contributed by atoms with van der Waals surface area (Å²) in [5.41, 5.74) is 0.926. The Bertz CT molecular complexity index is 565. The summed E-state index contributed by atoms with van der Waals surface area (Å²) in [6, 6.07) is 5.69. The first-order chi connectivity index (χ1) is 8.58. The molecule has 0 saturated carbocycles. The summed E-state index contributed by atoms with van der Waals surface area (Å²) in [7, 11) is 1.80. The molecule has 1 atom stereocenters. The predicted octanol–water partition coefficient (Wildman–Crippen LogP) is 2.05. The molecule has 1 aromatic heterocycles. The van der Waals surface area contributed by atoms with Crippen LogP contribution in [-0.4, -0.2) is 15.7 Å². The normalized spacial score (nSPS) is 12.2. The molecule has 1 amide bonds. The Morgan fingerprint density at radius 2 is 2.17 bits per heavy atom. The average molecular weight is 247 g/mol. The summed E-state index contributed by atoms with van der Waals surface area (Å²) >= 11 is 0. The van der Waals surface area contributed by atoms with Gasteiger partial charge in [0.05, 0.1) is 17.8 Å². The van der Waals surface area contributed by atoms with Crippen LogP contribution in [0.5, 0.6) is 0 Å². The topological polar surface area (TPSA) is 46.9 Å². The van der Waals surface area contributed by atoms with Crippen molar-refractivity contribution in [2.45, 2.75) is 13.0 Å². The van der Waals surface area contributed by atoms with Crippen molar-refractivity contribution in [3.63, 3.8) is 0 Å². The molecule has 0 fully saturated rings. The van der Waals surface area contributed by atoms with Crippen LogP contribution in [0.15, 0.2) is 36.7 Å². The number of carbonyl (C=O) groups is 1. The Morgan fingerprint density at radius 3 is 2.78 bits per heavy atom. The van der Waals surface area contributed by atoms with Gasteiger partial charge in [0.15, 0.2) is 0 Å². The van der Waals surface area contributed by atoms with Crippen LogP contribution in [0.4, 0.5) is 4.39 Å². The van der Waals surface area contributed by atoms with Gasteiger partial charge in [-0.25, -0.2) is 4.39 Å². The zero-order valence-electron chi connectivity index (χ0n) is 10.2. The maximum Gasteiger partial charge on any atom is 0.254 e. The van der Waals surface area contributed by atoms with E-state index in [9.17, 15) is 9.18 Å². The van der Waals surface area contributed by atoms with Gasteiger partial charge in [-0.2, -0.15) is 5.10 Å². The third-order valence-electron chi connectivity index (χ3n) is 2.69. The van der Waals surface area contributed by atoms with E-state index < -0.39 is 11.7 Å². The molecule has 0 aliphatic heterocycles. The molecule has 0 aliphatic carbocycles. The van der Waals surface area contributed by atoms with E-state index in [0.29, 0.717) is 0 Å². The van der Waals surface area contributed by atoms with Gasteiger partial charge >= 0.3 is 0 Å². The van der Waals surface area contributed by atoms with E-state index in [2.05, 4.69) is 10.4 Å². The second-order valence-electron chi connectivity index (χ2n) is 4.12. The Hall–Kier alpha value is -2.17. The van der Waals surface area contributed by atoms with E-state index in [0.717, 1.165) is 5.56 Å². The maximum atomic E-state index is 13.4. The standard InChI is InChI=1S/C13H14FN3O/c1-9(10-7-15-17(2)8-10)16-13(18)11-5-3-4-6-12(11)14/h3-9H,1-2H3,(H,16,18). The van der Waals surface area contributed by atoms with Gasteiger partial charge in [-0.3, -0.25) is 9.48 Å². The van der Waals surface area contributed by atoms with Crippen molar-refractivity contribution in [1.82, 2.24) is 15.1 Å². The van der Waals surface area contributed by atoms with Gasteiger partial charge in [0.2, 0.25) is 0 Å². The number of carbonyl (C=O) groups excluding carboxylic acids is 1. The molecule has 2 aromatic rings. The molecule has 0 bridgehead atoms. The highest BCUT2D eigenvalue weighted by atomic mass is 19.1. The molecule has 1 aromatic carbocycles. The van der Waals surface area contributed by atoms with Gasteiger partial charge in [0.25, 0.3) is 5.91 Å². The van der Waals surface area contributed by atoms with Crippen LogP contribution >= 0.6 is 0 Å². The van der Waals surface area contributed by atoms with E-state index >= 15 is 0 Å². The van der Waals surface area contributed by atoms with Crippen LogP contribution in [0.25, 0.3) is 0 Å². The molecular weight excluding hydrogens is 233 g/mol. The Morgan fingerprint density at radius 1 is 1.44 bits per heavy atom. The number of nitrogens with one attached hydrogen (secondary N) is 1. The van der Waals surface area contributed by atoms with Crippen molar-refractivity contribution in [3.05, 3.63) is 53.6 Å². The number of nitrogens with zero attached hydrogens (tertiary/aromatic N) is 2. The quantitative estimate of drug-likeness (QED) is 0.902. The van der Waals surface area contributed by atoms with Gasteiger partial charge in [-0.1, -0.05) is 12.1 Å². The summed E-state index contributed by atoms with van der Waals surface area (Å²) in [6.45, 7) is 1.83. The minimum atomic E-state index is -0.520. The third-order valence-corrected chi connectivity index (χ3v) is 2.69. The van der Waals surface area contributed by atoms with E-state index in [1.165, 1.54) is 12.1 Å². The van der Waals surface area contributed by atoms with E-state index in [1.54, 1.807) is 30.1 Å². The first kappa shape index (κ1) is 12.3. The second kappa shape index (κ2) is 5.00. The van der Waals surface area contributed by atoms with Crippen molar-refractivity contribution >= 4 is 5.91 Å². The summed E-state index contributed by atoms with van der Waals surface area (Å²) in [6.07, 6.45) is 3.48. The number of rotatable bonds is 3. The number of hydrogen-bond acceptors (Lipinski definition) is 2. The van der Waals surface area contributed by atoms with Crippen LogP contribution in [0.3, 0.4) is 0 Å². The number of benzene rings is 1. The zero-order chi connectivity index (χ0) is 13.1. The summed E-state index contributed by atoms with van der Waals surface area (Å²) < 4.78 is 15.1. The van der Waals surface area contributed by atoms with Crippen molar-refractivity contribution in [2.75, 3.05) is 0 Å². The first-order valence-corrected chi connectivity index (χ1v) is 5.62. The zero-order valence-corrected chi connectivity index (χ0v) is 10.2. The van der Waals surface area contributed by atoms with Gasteiger partial charge in [0, 0.05) is 18.8 Å². The van der Waals surface area contributed by atoms with Crippen LogP contribution in [0.2, 0.25) is 0 Å². The van der Waals surface area contributed by atoms with Gasteiger partial charge in [-0.05, 0) is 19.1 Å². The van der Waals surface area contributed by atoms with Crippen molar-refractivity contribution < 1.29 is 9.18 Å². The molecule has 2 rings (SSSR count). The molecule has 1 heterocycles. The van der Waals surface area contributed by atoms with Crippen molar-refractivity contribution in [3.8, 4) is 0 Å². The van der Waals surface area contributed by atoms with E-state index in [-0.39, 0.29) is 11.6 Å². The second-order valence-corrected chi connectivity index (χ2v) is 4.12. The highest BCUT2D eigenvalue weighted by molar-refractivity contribution is 5.94. The van der Waals surface area contributed by atoms with Crippen LogP contribution in [-0.2, 0) is 7.05 Å². The molecule has 0 radical (unpaired) electrons. The smallest absolute Gasteiger partial charge is 0.254 e. The average Bonchev–Trinajstić information content (AvgIpc) is 2.76. The van der Waals surface area contributed by atoms with Gasteiger partial charge in [0.1, 0.15) is 5.82 Å². The van der Waals surface area contributed by atoms with Crippen LogP contribution < -0.4 is 5.32 Å². The SMILES string of the molecule is CC(NC(=O)c1ccccc1F)c1cnn(C)c1. The van der Waals surface area contributed by atoms with Crippen molar-refractivity contribution in [2.24, 2.45) is 7.05 Å². The largest absolute Gasteiger partial charge is 0.345 e. The fourth-order valence-corrected chi connectivity index (χ4v) is 1.67. The maximum absolute atomic E-state index is 13.4. The number of aryl methyl sites for hydroxylation is 1. The number of aromatic nitrogens is 2. The van der Waals surface area contributed by atoms with E-state index in [4.69, 9.17) is 0 Å². The Kier molecular flexibility index (Phi) is 3.41. The van der Waals surface area contributed by atoms with Gasteiger partial charge < -0.3 is 5.32 Å². The molecule has 1 unspecified atom stereocenters. The molecule has 0 aliphatic rings. The molecule has 0 saturated heterocycles. The van der Waals surface area contributed by atoms with Gasteiger partial charge in [-0.15, -0.1) is 0 Å². The lowest BCUT2D eigenvalue weighted by atomic mass is 10.1. The number of halogens is 1. The predicted molar refractivity (Wildman–Crippen MR) is 65.5 cm³/mol. The number of hydrogen-bond donors (Lipinski definition) is 1. The molecule has 94 valence electrons. The minimum absolute atomic E-state index is 0.0493. The molecule has 5 heteroatoms. The highest BCUT2D eigenvalue weighted by Crippen LogP contribution is 2.13. The summed E-state index contributed by atoms with van der Waals surface area (Å²) in [5, 5.41) is 6.76. The Balaban J connectivity index is 2.10. The lowest BCUT2D eigenvalue weighted by molar-refractivity contribution is 0.0936. The molecule has 0 spiro atoms. The molecule has 18 heavy (non-hydrogen) atoms. The highest BCUT2D eigenvalue weighted by Gasteiger charge is 2.15. The third kappa shape index (κ3) is 2.56. The molecule has 1 N–H and O–H groups in total. The monoisotopic (exact) mass is 247 g/mol. The van der Waals surface area contributed by atoms with Crippen LogP contribution in [0.1, 0.15) is 28.9 Å². The van der Waals surface area contributed by atoms with Crippen LogP contribution in [0, 0.1) is 5.82 Å². The fourth-order valence-electron chi connectivity index (χ4n) is 1.67. The minimum Gasteiger partial charge on any atom is -0.345 e. The fraction of sp³-hybridized carbons (Fsp3) is 0.231. The molecule has 4 nitrogen and oxygen atoms in total. The Labute approximate surface area is 104 Å². The lowest BCUT2D eigenvalue weighted by Crippen LogP contribution is -2.27. The number of amides is 1. The summed E-state index contributed by atoms with van der Waals surface area (Å²) in [4.78, 5) is 11.9. The molecular formula is C13H14FN3O. The van der Waals surface area contributed by atoms with E-state index in [1.807, 2.05) is 13.1 Å². The first-order valence-electron chi connectivity index (χ1n) is 5.62. The lowest BCUT2D eigenvalue weighted by Gasteiger charge is -2.12.